The lowest BCUT2D eigenvalue weighted by atomic mass is 10.1. The Kier molecular flexibility index (Phi) is 7.41. The molecule has 2 rings (SSSR count). The molecular formula is C15H23ClN2O2. The van der Waals surface area contributed by atoms with E-state index < -0.39 is 0 Å². The van der Waals surface area contributed by atoms with Crippen molar-refractivity contribution in [1.29, 1.82) is 0 Å². The van der Waals surface area contributed by atoms with E-state index in [1.807, 2.05) is 35.2 Å². The Hall–Kier alpha value is -1.26. The van der Waals surface area contributed by atoms with Crippen molar-refractivity contribution in [2.24, 2.45) is 5.73 Å². The second-order valence-corrected chi connectivity index (χ2v) is 4.90. The minimum absolute atomic E-state index is 0. The quantitative estimate of drug-likeness (QED) is 0.907. The SMILES string of the molecule is Cl.NCCCC(=O)N1CCC(Oc2ccccc2)CC1. The van der Waals surface area contributed by atoms with Gasteiger partial charge in [0.05, 0.1) is 0 Å². The third kappa shape index (κ3) is 5.02. The van der Waals surface area contributed by atoms with Gasteiger partial charge in [0.15, 0.2) is 0 Å². The van der Waals surface area contributed by atoms with Gasteiger partial charge in [-0.15, -0.1) is 12.4 Å². The molecule has 4 nitrogen and oxygen atoms in total. The molecular weight excluding hydrogens is 276 g/mol. The summed E-state index contributed by atoms with van der Waals surface area (Å²) in [7, 11) is 0. The Morgan fingerprint density at radius 3 is 2.50 bits per heavy atom. The molecule has 1 aromatic carbocycles. The lowest BCUT2D eigenvalue weighted by Crippen LogP contribution is -2.41. The number of rotatable bonds is 5. The molecule has 112 valence electrons. The number of amides is 1. The number of nitrogens with zero attached hydrogens (tertiary/aromatic N) is 1. The van der Waals surface area contributed by atoms with Gasteiger partial charge < -0.3 is 15.4 Å². The highest BCUT2D eigenvalue weighted by atomic mass is 35.5. The normalized spacial score (nSPS) is 15.6. The first-order valence-electron chi connectivity index (χ1n) is 6.99. The average Bonchev–Trinajstić information content (AvgIpc) is 2.46. The summed E-state index contributed by atoms with van der Waals surface area (Å²) in [4.78, 5) is 13.8. The number of halogens is 1. The van der Waals surface area contributed by atoms with Crippen molar-refractivity contribution in [1.82, 2.24) is 4.90 Å². The van der Waals surface area contributed by atoms with Crippen LogP contribution in [0.4, 0.5) is 0 Å². The Balaban J connectivity index is 0.00000200. The maximum Gasteiger partial charge on any atom is 0.222 e. The Morgan fingerprint density at radius 1 is 1.25 bits per heavy atom. The van der Waals surface area contributed by atoms with Gasteiger partial charge in [-0.05, 0) is 25.1 Å². The van der Waals surface area contributed by atoms with Gasteiger partial charge >= 0.3 is 0 Å². The third-order valence-electron chi connectivity index (χ3n) is 3.44. The van der Waals surface area contributed by atoms with Crippen LogP contribution in [0.5, 0.6) is 5.75 Å². The Bertz CT molecular complexity index is 392. The fourth-order valence-corrected chi connectivity index (χ4v) is 2.33. The maximum atomic E-state index is 11.9. The van der Waals surface area contributed by atoms with Crippen LogP contribution in [-0.4, -0.2) is 36.5 Å². The van der Waals surface area contributed by atoms with E-state index in [1.165, 1.54) is 0 Å². The highest BCUT2D eigenvalue weighted by Gasteiger charge is 2.23. The van der Waals surface area contributed by atoms with E-state index in [-0.39, 0.29) is 24.4 Å². The Morgan fingerprint density at radius 2 is 1.90 bits per heavy atom. The van der Waals surface area contributed by atoms with Crippen LogP contribution in [-0.2, 0) is 4.79 Å². The summed E-state index contributed by atoms with van der Waals surface area (Å²) in [6, 6.07) is 9.87. The zero-order valence-corrected chi connectivity index (χ0v) is 12.5. The van der Waals surface area contributed by atoms with E-state index in [0.29, 0.717) is 13.0 Å². The summed E-state index contributed by atoms with van der Waals surface area (Å²) in [5.74, 6) is 1.14. The van der Waals surface area contributed by atoms with E-state index in [4.69, 9.17) is 10.5 Å². The summed E-state index contributed by atoms with van der Waals surface area (Å²) in [5, 5.41) is 0. The van der Waals surface area contributed by atoms with Crippen LogP contribution in [0.15, 0.2) is 30.3 Å². The number of piperidine rings is 1. The summed E-state index contributed by atoms with van der Waals surface area (Å²) in [6.45, 7) is 2.17. The van der Waals surface area contributed by atoms with Crippen LogP contribution in [0.3, 0.4) is 0 Å². The van der Waals surface area contributed by atoms with Crippen LogP contribution >= 0.6 is 12.4 Å². The number of nitrogens with two attached hydrogens (primary N) is 1. The third-order valence-corrected chi connectivity index (χ3v) is 3.44. The summed E-state index contributed by atoms with van der Waals surface area (Å²) in [6.07, 6.45) is 3.38. The van der Waals surface area contributed by atoms with E-state index in [9.17, 15) is 4.79 Å². The van der Waals surface area contributed by atoms with Gasteiger partial charge in [0, 0.05) is 32.4 Å². The predicted octanol–water partition coefficient (Wildman–Crippen LogP) is 2.22. The molecule has 1 amide bonds. The molecule has 0 spiro atoms. The summed E-state index contributed by atoms with van der Waals surface area (Å²) >= 11 is 0. The molecule has 0 aromatic heterocycles. The molecule has 1 fully saturated rings. The fraction of sp³-hybridized carbons (Fsp3) is 0.533. The Labute approximate surface area is 126 Å². The first kappa shape index (κ1) is 16.8. The largest absolute Gasteiger partial charge is 0.490 e. The van der Waals surface area contributed by atoms with Crippen molar-refractivity contribution < 1.29 is 9.53 Å². The lowest BCUT2D eigenvalue weighted by Gasteiger charge is -2.32. The zero-order valence-electron chi connectivity index (χ0n) is 11.7. The van der Waals surface area contributed by atoms with Crippen molar-refractivity contribution in [2.45, 2.75) is 31.8 Å². The van der Waals surface area contributed by atoms with Crippen molar-refractivity contribution in [3.8, 4) is 5.75 Å². The van der Waals surface area contributed by atoms with Gasteiger partial charge in [-0.1, -0.05) is 18.2 Å². The molecule has 5 heteroatoms. The number of hydrogen-bond donors (Lipinski definition) is 1. The molecule has 0 unspecified atom stereocenters. The first-order chi connectivity index (χ1) is 9.29. The van der Waals surface area contributed by atoms with Crippen LogP contribution < -0.4 is 10.5 Å². The summed E-state index contributed by atoms with van der Waals surface area (Å²) in [5.41, 5.74) is 5.42. The summed E-state index contributed by atoms with van der Waals surface area (Å²) < 4.78 is 5.91. The molecule has 1 aliphatic heterocycles. The molecule has 0 atom stereocenters. The van der Waals surface area contributed by atoms with Crippen LogP contribution in [0.2, 0.25) is 0 Å². The molecule has 1 heterocycles. The number of benzene rings is 1. The topological polar surface area (TPSA) is 55.6 Å². The van der Waals surface area contributed by atoms with Crippen molar-refractivity contribution in [2.75, 3.05) is 19.6 Å². The van der Waals surface area contributed by atoms with E-state index in [2.05, 4.69) is 0 Å². The van der Waals surface area contributed by atoms with Gasteiger partial charge in [-0.25, -0.2) is 0 Å². The minimum Gasteiger partial charge on any atom is -0.490 e. The number of para-hydroxylation sites is 1. The number of hydrogen-bond acceptors (Lipinski definition) is 3. The number of carbonyl (C=O) groups excluding carboxylic acids is 1. The average molecular weight is 299 g/mol. The predicted molar refractivity (Wildman–Crippen MR) is 82.2 cm³/mol. The first-order valence-corrected chi connectivity index (χ1v) is 6.99. The molecule has 0 aliphatic carbocycles. The van der Waals surface area contributed by atoms with E-state index >= 15 is 0 Å². The van der Waals surface area contributed by atoms with Gasteiger partial charge in [0.1, 0.15) is 11.9 Å². The molecule has 1 aromatic rings. The van der Waals surface area contributed by atoms with Crippen molar-refractivity contribution in [3.63, 3.8) is 0 Å². The van der Waals surface area contributed by atoms with Gasteiger partial charge in [-0.2, -0.15) is 0 Å². The van der Waals surface area contributed by atoms with E-state index in [0.717, 1.165) is 38.1 Å². The number of ether oxygens (including phenoxy) is 1. The standard InChI is InChI=1S/C15H22N2O2.ClH/c16-10-4-7-15(18)17-11-8-14(9-12-17)19-13-5-2-1-3-6-13;/h1-3,5-6,14H,4,7-12,16H2;1H. The van der Waals surface area contributed by atoms with Gasteiger partial charge in [0.2, 0.25) is 5.91 Å². The highest BCUT2D eigenvalue weighted by Crippen LogP contribution is 2.19. The minimum atomic E-state index is 0. The van der Waals surface area contributed by atoms with Gasteiger partial charge in [-0.3, -0.25) is 4.79 Å². The maximum absolute atomic E-state index is 11.9. The molecule has 0 radical (unpaired) electrons. The molecule has 20 heavy (non-hydrogen) atoms. The molecule has 2 N–H and O–H groups in total. The molecule has 0 bridgehead atoms. The monoisotopic (exact) mass is 298 g/mol. The van der Waals surface area contributed by atoms with Crippen molar-refractivity contribution >= 4 is 18.3 Å². The van der Waals surface area contributed by atoms with Crippen molar-refractivity contribution in [3.05, 3.63) is 30.3 Å². The molecule has 1 saturated heterocycles. The highest BCUT2D eigenvalue weighted by molar-refractivity contribution is 5.85. The van der Waals surface area contributed by atoms with Crippen LogP contribution in [0.25, 0.3) is 0 Å². The number of carbonyl (C=O) groups is 1. The fourth-order valence-electron chi connectivity index (χ4n) is 2.33. The zero-order chi connectivity index (χ0) is 13.5. The second kappa shape index (κ2) is 8.82. The molecule has 0 saturated carbocycles. The van der Waals surface area contributed by atoms with Crippen LogP contribution in [0.1, 0.15) is 25.7 Å². The lowest BCUT2D eigenvalue weighted by molar-refractivity contribution is -0.133. The molecule has 1 aliphatic rings. The van der Waals surface area contributed by atoms with Crippen LogP contribution in [0, 0.1) is 0 Å². The van der Waals surface area contributed by atoms with Gasteiger partial charge in [0.25, 0.3) is 0 Å². The second-order valence-electron chi connectivity index (χ2n) is 4.90. The number of likely N-dealkylation sites (tertiary alicyclic amines) is 1. The van der Waals surface area contributed by atoms with E-state index in [1.54, 1.807) is 0 Å². The smallest absolute Gasteiger partial charge is 0.222 e.